The molecule has 0 aromatic heterocycles. The van der Waals surface area contributed by atoms with Crippen molar-refractivity contribution in [3.63, 3.8) is 0 Å². The Kier molecular flexibility index (Phi) is 5.62. The molecular weight excluding hydrogens is 244 g/mol. The highest BCUT2D eigenvalue weighted by molar-refractivity contribution is 5.74. The van der Waals surface area contributed by atoms with Crippen LogP contribution in [0.25, 0.3) is 0 Å². The first-order chi connectivity index (χ1) is 8.68. The zero-order valence-electron chi connectivity index (χ0n) is 12.7. The molecule has 112 valence electrons. The third kappa shape index (κ3) is 5.78. The normalized spacial score (nSPS) is 29.7. The molecule has 2 amide bonds. The van der Waals surface area contributed by atoms with Gasteiger partial charge in [-0.05, 0) is 32.1 Å². The fourth-order valence-electron chi connectivity index (χ4n) is 2.26. The monoisotopic (exact) mass is 272 g/mol. The van der Waals surface area contributed by atoms with Gasteiger partial charge in [0.25, 0.3) is 0 Å². The standard InChI is InChI=1S/C14H28N2O3/c1-9-6-11(7-10(2)19-9)16-13(18)15-8-12(17)14(3,4)5/h9-12,17H,6-8H2,1-5H3,(H2,15,16,18). The third-order valence-corrected chi connectivity index (χ3v) is 3.49. The van der Waals surface area contributed by atoms with E-state index in [0.29, 0.717) is 0 Å². The second kappa shape index (κ2) is 6.57. The molecule has 0 bridgehead atoms. The van der Waals surface area contributed by atoms with E-state index in [0.717, 1.165) is 12.8 Å². The van der Waals surface area contributed by atoms with E-state index >= 15 is 0 Å². The van der Waals surface area contributed by atoms with Crippen LogP contribution in [-0.4, -0.2) is 42.0 Å². The van der Waals surface area contributed by atoms with Crippen LogP contribution in [0.3, 0.4) is 0 Å². The highest BCUT2D eigenvalue weighted by atomic mass is 16.5. The number of hydrogen-bond acceptors (Lipinski definition) is 3. The van der Waals surface area contributed by atoms with E-state index in [4.69, 9.17) is 4.74 Å². The van der Waals surface area contributed by atoms with Crippen LogP contribution >= 0.6 is 0 Å². The topological polar surface area (TPSA) is 70.6 Å². The highest BCUT2D eigenvalue weighted by Crippen LogP contribution is 2.19. The molecule has 0 spiro atoms. The molecule has 0 saturated carbocycles. The molecule has 0 aliphatic carbocycles. The van der Waals surface area contributed by atoms with E-state index in [-0.39, 0.29) is 36.2 Å². The van der Waals surface area contributed by atoms with Crippen LogP contribution in [0, 0.1) is 5.41 Å². The lowest BCUT2D eigenvalue weighted by molar-refractivity contribution is -0.0402. The smallest absolute Gasteiger partial charge is 0.315 e. The number of carbonyl (C=O) groups excluding carboxylic acids is 1. The Labute approximate surface area is 116 Å². The van der Waals surface area contributed by atoms with Gasteiger partial charge >= 0.3 is 6.03 Å². The van der Waals surface area contributed by atoms with E-state index in [1.807, 2.05) is 34.6 Å². The van der Waals surface area contributed by atoms with E-state index in [9.17, 15) is 9.90 Å². The largest absolute Gasteiger partial charge is 0.391 e. The molecule has 1 rings (SSSR count). The van der Waals surface area contributed by atoms with E-state index in [1.54, 1.807) is 0 Å². The van der Waals surface area contributed by atoms with Crippen molar-refractivity contribution < 1.29 is 14.6 Å². The van der Waals surface area contributed by atoms with Crippen molar-refractivity contribution in [1.29, 1.82) is 0 Å². The number of rotatable bonds is 3. The summed E-state index contributed by atoms with van der Waals surface area (Å²) in [6, 6.07) is -0.0693. The first-order valence-electron chi connectivity index (χ1n) is 7.06. The van der Waals surface area contributed by atoms with Crippen molar-refractivity contribution >= 4 is 6.03 Å². The highest BCUT2D eigenvalue weighted by Gasteiger charge is 2.26. The van der Waals surface area contributed by atoms with E-state index in [2.05, 4.69) is 10.6 Å². The summed E-state index contributed by atoms with van der Waals surface area (Å²) in [6.07, 6.45) is 1.47. The van der Waals surface area contributed by atoms with Gasteiger partial charge in [0, 0.05) is 12.6 Å². The Morgan fingerprint density at radius 2 is 1.84 bits per heavy atom. The summed E-state index contributed by atoms with van der Waals surface area (Å²) in [5.41, 5.74) is -0.227. The van der Waals surface area contributed by atoms with Gasteiger partial charge in [0.15, 0.2) is 0 Å². The maximum Gasteiger partial charge on any atom is 0.315 e. The molecule has 3 unspecified atom stereocenters. The summed E-state index contributed by atoms with van der Waals surface area (Å²) in [5.74, 6) is 0. The average molecular weight is 272 g/mol. The van der Waals surface area contributed by atoms with Crippen molar-refractivity contribution in [1.82, 2.24) is 10.6 Å². The Morgan fingerprint density at radius 1 is 1.32 bits per heavy atom. The Morgan fingerprint density at radius 3 is 2.32 bits per heavy atom. The van der Waals surface area contributed by atoms with Crippen molar-refractivity contribution in [2.24, 2.45) is 5.41 Å². The number of nitrogens with one attached hydrogen (secondary N) is 2. The van der Waals surface area contributed by atoms with Crippen LogP contribution in [-0.2, 0) is 4.74 Å². The number of amides is 2. The number of carbonyl (C=O) groups is 1. The van der Waals surface area contributed by atoms with Gasteiger partial charge in [-0.2, -0.15) is 0 Å². The average Bonchev–Trinajstić information content (AvgIpc) is 2.22. The second-order valence-corrected chi connectivity index (χ2v) is 6.66. The minimum absolute atomic E-state index is 0.144. The lowest BCUT2D eigenvalue weighted by Crippen LogP contribution is -2.49. The fraction of sp³-hybridized carbons (Fsp3) is 0.929. The fourth-order valence-corrected chi connectivity index (χ4v) is 2.26. The maximum atomic E-state index is 11.8. The van der Waals surface area contributed by atoms with Crippen LogP contribution < -0.4 is 10.6 Å². The summed E-state index contributed by atoms with van der Waals surface area (Å²) < 4.78 is 5.63. The van der Waals surface area contributed by atoms with Gasteiger partial charge in [-0.3, -0.25) is 0 Å². The molecule has 0 aromatic carbocycles. The number of urea groups is 1. The number of aliphatic hydroxyl groups excluding tert-OH is 1. The minimum Gasteiger partial charge on any atom is -0.391 e. The number of aliphatic hydroxyl groups is 1. The zero-order chi connectivity index (χ0) is 14.6. The van der Waals surface area contributed by atoms with Gasteiger partial charge in [-0.15, -0.1) is 0 Å². The molecule has 1 heterocycles. The molecule has 5 heteroatoms. The molecule has 1 aliphatic rings. The Hall–Kier alpha value is -0.810. The van der Waals surface area contributed by atoms with Gasteiger partial charge in [-0.25, -0.2) is 4.79 Å². The van der Waals surface area contributed by atoms with E-state index < -0.39 is 6.10 Å². The second-order valence-electron chi connectivity index (χ2n) is 6.66. The quantitative estimate of drug-likeness (QED) is 0.731. The first kappa shape index (κ1) is 16.2. The molecule has 5 nitrogen and oxygen atoms in total. The lowest BCUT2D eigenvalue weighted by atomic mass is 9.89. The predicted octanol–water partition coefficient (Wildman–Crippen LogP) is 1.65. The molecular formula is C14H28N2O3. The molecule has 0 aromatic rings. The predicted molar refractivity (Wildman–Crippen MR) is 75.0 cm³/mol. The summed E-state index contributed by atoms with van der Waals surface area (Å²) >= 11 is 0. The van der Waals surface area contributed by atoms with Crippen LogP contribution in [0.15, 0.2) is 0 Å². The van der Waals surface area contributed by atoms with Gasteiger partial charge in [-0.1, -0.05) is 20.8 Å². The summed E-state index contributed by atoms with van der Waals surface area (Å²) in [5, 5.41) is 15.5. The van der Waals surface area contributed by atoms with E-state index in [1.165, 1.54) is 0 Å². The van der Waals surface area contributed by atoms with Crippen molar-refractivity contribution in [3.05, 3.63) is 0 Å². The van der Waals surface area contributed by atoms with Crippen molar-refractivity contribution in [2.75, 3.05) is 6.54 Å². The summed E-state index contributed by atoms with van der Waals surface area (Å²) in [7, 11) is 0. The number of hydrogen-bond donors (Lipinski definition) is 3. The van der Waals surface area contributed by atoms with Crippen LogP contribution in [0.1, 0.15) is 47.5 Å². The van der Waals surface area contributed by atoms with Crippen LogP contribution in [0.5, 0.6) is 0 Å². The molecule has 1 aliphatic heterocycles. The van der Waals surface area contributed by atoms with Crippen molar-refractivity contribution in [3.8, 4) is 0 Å². The first-order valence-corrected chi connectivity index (χ1v) is 7.06. The SMILES string of the molecule is CC1CC(NC(=O)NCC(O)C(C)(C)C)CC(C)O1. The zero-order valence-corrected chi connectivity index (χ0v) is 12.7. The molecule has 1 fully saturated rings. The van der Waals surface area contributed by atoms with Gasteiger partial charge in [0.05, 0.1) is 18.3 Å². The summed E-state index contributed by atoms with van der Waals surface area (Å²) in [4.78, 5) is 11.8. The molecule has 3 atom stereocenters. The van der Waals surface area contributed by atoms with Crippen LogP contribution in [0.2, 0.25) is 0 Å². The van der Waals surface area contributed by atoms with Gasteiger partial charge in [0.2, 0.25) is 0 Å². The van der Waals surface area contributed by atoms with Gasteiger partial charge in [0.1, 0.15) is 0 Å². The molecule has 1 saturated heterocycles. The number of ether oxygens (including phenoxy) is 1. The van der Waals surface area contributed by atoms with Crippen molar-refractivity contribution in [2.45, 2.75) is 71.8 Å². The molecule has 0 radical (unpaired) electrons. The molecule has 19 heavy (non-hydrogen) atoms. The third-order valence-electron chi connectivity index (χ3n) is 3.49. The maximum absolute atomic E-state index is 11.8. The lowest BCUT2D eigenvalue weighted by Gasteiger charge is -2.32. The Bertz CT molecular complexity index is 292. The minimum atomic E-state index is -0.550. The Balaban J connectivity index is 2.31. The van der Waals surface area contributed by atoms with Crippen LogP contribution in [0.4, 0.5) is 4.79 Å². The molecule has 3 N–H and O–H groups in total. The van der Waals surface area contributed by atoms with Gasteiger partial charge < -0.3 is 20.5 Å². The summed E-state index contributed by atoms with van der Waals surface area (Å²) in [6.45, 7) is 10.1.